The molecule has 0 aliphatic rings. The summed E-state index contributed by atoms with van der Waals surface area (Å²) in [5.74, 6) is -6.08. The Bertz CT molecular complexity index is 964. The molecular formula is C21H40N12O7. The first kappa shape index (κ1) is 35.3. The molecule has 0 saturated heterocycles. The van der Waals surface area contributed by atoms with Gasteiger partial charge in [0.25, 0.3) is 0 Å². The van der Waals surface area contributed by atoms with Crippen molar-refractivity contribution in [2.75, 3.05) is 13.1 Å². The van der Waals surface area contributed by atoms with Gasteiger partial charge in [-0.3, -0.25) is 34.0 Å². The van der Waals surface area contributed by atoms with Crippen molar-refractivity contribution in [3.8, 4) is 0 Å². The van der Waals surface area contributed by atoms with Crippen LogP contribution in [-0.2, 0) is 28.8 Å². The van der Waals surface area contributed by atoms with Gasteiger partial charge >= 0.3 is 5.97 Å². The van der Waals surface area contributed by atoms with Crippen molar-refractivity contribution >= 4 is 47.4 Å². The summed E-state index contributed by atoms with van der Waals surface area (Å²) in [7, 11) is 0. The lowest BCUT2D eigenvalue weighted by molar-refractivity contribution is -0.142. The fourth-order valence-electron chi connectivity index (χ4n) is 3.20. The number of aliphatic carboxylic acids is 1. The van der Waals surface area contributed by atoms with Gasteiger partial charge in [-0.05, 0) is 32.1 Å². The maximum Gasteiger partial charge on any atom is 0.326 e. The Morgan fingerprint density at radius 1 is 0.625 bits per heavy atom. The third-order valence-electron chi connectivity index (χ3n) is 5.21. The maximum absolute atomic E-state index is 13.0. The van der Waals surface area contributed by atoms with E-state index in [-0.39, 0.29) is 63.5 Å². The molecule has 0 spiro atoms. The van der Waals surface area contributed by atoms with Gasteiger partial charge in [-0.15, -0.1) is 0 Å². The number of primary amides is 2. The molecule has 40 heavy (non-hydrogen) atoms. The van der Waals surface area contributed by atoms with E-state index < -0.39 is 66.1 Å². The number of carbonyl (C=O) groups excluding carboxylic acids is 5. The molecule has 0 heterocycles. The lowest BCUT2D eigenvalue weighted by Gasteiger charge is -2.24. The second kappa shape index (κ2) is 18.6. The number of carboxylic acids is 1. The number of hydrogen-bond acceptors (Lipinski definition) is 9. The standard InChI is InChI=1S/C21H40N12O7/c22-10(5-6-14(23)34)16(36)33-13(9-15(24)35)18(38)31-11(3-1-7-29-20(25)26)17(37)32-12(19(39)40)4-2-8-30-21(27)28/h10-13H,1-9,22H2,(H2,23,34)(H2,24,35)(H,31,38)(H,32,37)(H,33,36)(H,39,40)(H4,25,26,29)(H4,27,28,30). The lowest BCUT2D eigenvalue weighted by atomic mass is 10.1. The molecule has 18 N–H and O–H groups in total. The molecule has 5 amide bonds. The van der Waals surface area contributed by atoms with Crippen molar-refractivity contribution in [3.05, 3.63) is 0 Å². The summed E-state index contributed by atoms with van der Waals surface area (Å²) in [5, 5.41) is 16.5. The molecule has 19 nitrogen and oxygen atoms in total. The van der Waals surface area contributed by atoms with Crippen LogP contribution < -0.4 is 56.1 Å². The molecule has 0 aliphatic heterocycles. The van der Waals surface area contributed by atoms with Crippen molar-refractivity contribution in [1.29, 1.82) is 0 Å². The van der Waals surface area contributed by atoms with Crippen LogP contribution in [0.25, 0.3) is 0 Å². The minimum Gasteiger partial charge on any atom is -0.480 e. The van der Waals surface area contributed by atoms with Crippen LogP contribution in [-0.4, -0.2) is 89.8 Å². The minimum atomic E-state index is -1.53. The molecule has 19 heteroatoms. The highest BCUT2D eigenvalue weighted by Crippen LogP contribution is 2.05. The molecule has 0 saturated carbocycles. The summed E-state index contributed by atoms with van der Waals surface area (Å²) in [5.41, 5.74) is 37.0. The first-order chi connectivity index (χ1) is 18.6. The number of aliphatic imine (C=N–C) groups is 2. The SMILES string of the molecule is NC(=O)CCC(N)C(=O)NC(CC(N)=O)C(=O)NC(CCCN=C(N)N)C(=O)NC(CCCN=C(N)N)C(=O)O. The van der Waals surface area contributed by atoms with Crippen LogP contribution in [0.3, 0.4) is 0 Å². The first-order valence-corrected chi connectivity index (χ1v) is 12.2. The number of rotatable bonds is 20. The van der Waals surface area contributed by atoms with E-state index in [9.17, 15) is 33.9 Å². The van der Waals surface area contributed by atoms with Gasteiger partial charge in [0.2, 0.25) is 29.5 Å². The highest BCUT2D eigenvalue weighted by Gasteiger charge is 2.31. The molecule has 0 aliphatic carbocycles. The third-order valence-corrected chi connectivity index (χ3v) is 5.21. The van der Waals surface area contributed by atoms with Gasteiger partial charge in [-0.2, -0.15) is 0 Å². The number of nitrogens with one attached hydrogen (secondary N) is 3. The molecular weight excluding hydrogens is 532 g/mol. The lowest BCUT2D eigenvalue weighted by Crippen LogP contribution is -2.57. The number of nitrogens with zero attached hydrogens (tertiary/aromatic N) is 2. The van der Waals surface area contributed by atoms with Crippen LogP contribution >= 0.6 is 0 Å². The largest absolute Gasteiger partial charge is 0.480 e. The number of carbonyl (C=O) groups is 6. The summed E-state index contributed by atoms with van der Waals surface area (Å²) in [6.07, 6.45) is -0.647. The highest BCUT2D eigenvalue weighted by molar-refractivity contribution is 5.96. The predicted octanol–water partition coefficient (Wildman–Crippen LogP) is -5.90. The Morgan fingerprint density at radius 2 is 1.07 bits per heavy atom. The predicted molar refractivity (Wildman–Crippen MR) is 143 cm³/mol. The molecule has 0 aromatic carbocycles. The Balaban J connectivity index is 5.66. The average Bonchev–Trinajstić information content (AvgIpc) is 2.84. The van der Waals surface area contributed by atoms with E-state index in [1.54, 1.807) is 0 Å². The quantitative estimate of drug-likeness (QED) is 0.0369. The highest BCUT2D eigenvalue weighted by atomic mass is 16.4. The summed E-state index contributed by atoms with van der Waals surface area (Å²) in [6.45, 7) is 0.204. The molecule has 0 fully saturated rings. The molecule has 4 atom stereocenters. The third kappa shape index (κ3) is 16.2. The van der Waals surface area contributed by atoms with E-state index in [1.165, 1.54) is 0 Å². The molecule has 0 rings (SSSR count). The van der Waals surface area contributed by atoms with E-state index in [4.69, 9.17) is 40.1 Å². The number of hydrogen-bond donors (Lipinski definition) is 11. The van der Waals surface area contributed by atoms with Gasteiger partial charge in [-0.25, -0.2) is 4.79 Å². The van der Waals surface area contributed by atoms with Gasteiger partial charge < -0.3 is 61.2 Å². The van der Waals surface area contributed by atoms with Crippen LogP contribution in [0.4, 0.5) is 0 Å². The second-order valence-electron chi connectivity index (χ2n) is 8.70. The molecule has 226 valence electrons. The maximum atomic E-state index is 13.0. The van der Waals surface area contributed by atoms with Gasteiger partial charge in [0.1, 0.15) is 18.1 Å². The van der Waals surface area contributed by atoms with E-state index in [2.05, 4.69) is 25.9 Å². The number of nitrogens with two attached hydrogens (primary N) is 7. The van der Waals surface area contributed by atoms with Crippen molar-refractivity contribution < 1.29 is 33.9 Å². The minimum absolute atomic E-state index is 0.0317. The zero-order chi connectivity index (χ0) is 30.8. The zero-order valence-corrected chi connectivity index (χ0v) is 22.0. The first-order valence-electron chi connectivity index (χ1n) is 12.2. The van der Waals surface area contributed by atoms with Crippen LogP contribution in [0.1, 0.15) is 44.9 Å². The Hall–Kier alpha value is -4.68. The smallest absolute Gasteiger partial charge is 0.326 e. The summed E-state index contributed by atoms with van der Waals surface area (Å²) in [4.78, 5) is 80.1. The number of amides is 5. The van der Waals surface area contributed by atoms with E-state index >= 15 is 0 Å². The van der Waals surface area contributed by atoms with E-state index in [0.29, 0.717) is 0 Å². The van der Waals surface area contributed by atoms with Gasteiger partial charge in [-0.1, -0.05) is 0 Å². The zero-order valence-electron chi connectivity index (χ0n) is 22.0. The van der Waals surface area contributed by atoms with E-state index in [0.717, 1.165) is 0 Å². The molecule has 0 bridgehead atoms. The fourth-order valence-corrected chi connectivity index (χ4v) is 3.20. The summed E-state index contributed by atoms with van der Waals surface area (Å²) < 4.78 is 0. The van der Waals surface area contributed by atoms with Gasteiger partial charge in [0, 0.05) is 19.5 Å². The monoisotopic (exact) mass is 572 g/mol. The Kier molecular flexibility index (Phi) is 16.4. The van der Waals surface area contributed by atoms with Crippen molar-refractivity contribution in [1.82, 2.24) is 16.0 Å². The van der Waals surface area contributed by atoms with Crippen LogP contribution in [0.5, 0.6) is 0 Å². The van der Waals surface area contributed by atoms with Crippen molar-refractivity contribution in [2.24, 2.45) is 50.1 Å². The normalized spacial score (nSPS) is 13.4. The molecule has 0 aromatic rings. The topological polar surface area (TPSA) is 366 Å². The van der Waals surface area contributed by atoms with Crippen LogP contribution in [0.15, 0.2) is 9.98 Å². The Labute approximate surface area is 230 Å². The Morgan fingerprint density at radius 3 is 1.52 bits per heavy atom. The van der Waals surface area contributed by atoms with Crippen molar-refractivity contribution in [2.45, 2.75) is 69.1 Å². The summed E-state index contributed by atoms with van der Waals surface area (Å²) in [6, 6.07) is -5.43. The molecule has 0 aromatic heterocycles. The van der Waals surface area contributed by atoms with E-state index in [1.807, 2.05) is 0 Å². The average molecular weight is 573 g/mol. The molecule has 0 radical (unpaired) electrons. The van der Waals surface area contributed by atoms with Gasteiger partial charge in [0.15, 0.2) is 11.9 Å². The molecule has 4 unspecified atom stereocenters. The van der Waals surface area contributed by atoms with Gasteiger partial charge in [0.05, 0.1) is 12.5 Å². The van der Waals surface area contributed by atoms with Crippen LogP contribution in [0.2, 0.25) is 0 Å². The van der Waals surface area contributed by atoms with Crippen LogP contribution in [0, 0.1) is 0 Å². The number of carboxylic acid groups (broad SMARTS) is 1. The second-order valence-corrected chi connectivity index (χ2v) is 8.70. The fraction of sp³-hybridized carbons (Fsp3) is 0.619. The summed E-state index contributed by atoms with van der Waals surface area (Å²) >= 11 is 0. The van der Waals surface area contributed by atoms with Crippen molar-refractivity contribution in [3.63, 3.8) is 0 Å². The number of guanidine groups is 2.